The molecule has 0 amide bonds. The molecule has 0 aromatic carbocycles. The predicted molar refractivity (Wildman–Crippen MR) is 53.2 cm³/mol. The van der Waals surface area contributed by atoms with Gasteiger partial charge in [0.15, 0.2) is 0 Å². The second kappa shape index (κ2) is 5.65. The van der Waals surface area contributed by atoms with Crippen molar-refractivity contribution in [2.45, 2.75) is 39.2 Å². The van der Waals surface area contributed by atoms with Gasteiger partial charge in [0.25, 0.3) is 0 Å². The lowest BCUT2D eigenvalue weighted by atomic mass is 10.1. The van der Waals surface area contributed by atoms with Crippen LogP contribution in [0.5, 0.6) is 0 Å². The van der Waals surface area contributed by atoms with Gasteiger partial charge in [0.1, 0.15) is 5.82 Å². The summed E-state index contributed by atoms with van der Waals surface area (Å²) in [4.78, 5) is 8.38. The van der Waals surface area contributed by atoms with Crippen molar-refractivity contribution in [3.8, 4) is 0 Å². The first kappa shape index (κ1) is 10.1. The predicted octanol–water partition coefficient (Wildman–Crippen LogP) is 1.67. The largest absolute Gasteiger partial charge is 0.324 e. The second-order valence-electron chi connectivity index (χ2n) is 3.13. The van der Waals surface area contributed by atoms with Gasteiger partial charge in [-0.1, -0.05) is 19.8 Å². The zero-order chi connectivity index (χ0) is 9.52. The number of hydrogen-bond donors (Lipinski definition) is 1. The molecule has 0 saturated heterocycles. The smallest absolute Gasteiger partial charge is 0.142 e. The molecule has 13 heavy (non-hydrogen) atoms. The summed E-state index contributed by atoms with van der Waals surface area (Å²) < 4.78 is 0. The molecule has 0 atom stereocenters. The van der Waals surface area contributed by atoms with Crippen LogP contribution in [-0.2, 0) is 13.0 Å². The van der Waals surface area contributed by atoms with E-state index in [-0.39, 0.29) is 0 Å². The van der Waals surface area contributed by atoms with Crippen molar-refractivity contribution in [2.24, 2.45) is 5.73 Å². The van der Waals surface area contributed by atoms with Crippen LogP contribution in [0.3, 0.4) is 0 Å². The highest BCUT2D eigenvalue weighted by atomic mass is 14.9. The SMILES string of the molecule is CCCCCc1ccnc(CN)n1. The molecule has 1 rings (SSSR count). The van der Waals surface area contributed by atoms with Crippen LogP contribution in [0.15, 0.2) is 12.3 Å². The van der Waals surface area contributed by atoms with E-state index in [0.29, 0.717) is 6.54 Å². The number of rotatable bonds is 5. The summed E-state index contributed by atoms with van der Waals surface area (Å²) in [6, 6.07) is 1.97. The zero-order valence-corrected chi connectivity index (χ0v) is 8.16. The summed E-state index contributed by atoms with van der Waals surface area (Å²) in [5, 5.41) is 0. The Morgan fingerprint density at radius 1 is 1.38 bits per heavy atom. The molecular weight excluding hydrogens is 162 g/mol. The number of nitrogens with zero attached hydrogens (tertiary/aromatic N) is 2. The lowest BCUT2D eigenvalue weighted by Crippen LogP contribution is -2.04. The van der Waals surface area contributed by atoms with Crippen molar-refractivity contribution in [1.82, 2.24) is 9.97 Å². The standard InChI is InChI=1S/C10H17N3/c1-2-3-4-5-9-6-7-12-10(8-11)13-9/h6-7H,2-5,8,11H2,1H3. The van der Waals surface area contributed by atoms with Crippen molar-refractivity contribution < 1.29 is 0 Å². The third-order valence-corrected chi connectivity index (χ3v) is 1.98. The highest BCUT2D eigenvalue weighted by Crippen LogP contribution is 2.03. The topological polar surface area (TPSA) is 51.8 Å². The minimum absolute atomic E-state index is 0.432. The van der Waals surface area contributed by atoms with Crippen LogP contribution in [-0.4, -0.2) is 9.97 Å². The third-order valence-electron chi connectivity index (χ3n) is 1.98. The quantitative estimate of drug-likeness (QED) is 0.699. The van der Waals surface area contributed by atoms with Gasteiger partial charge in [-0.05, 0) is 18.9 Å². The maximum Gasteiger partial charge on any atom is 0.142 e. The third kappa shape index (κ3) is 3.51. The van der Waals surface area contributed by atoms with Gasteiger partial charge in [-0.3, -0.25) is 0 Å². The van der Waals surface area contributed by atoms with E-state index in [2.05, 4.69) is 16.9 Å². The fourth-order valence-electron chi connectivity index (χ4n) is 1.23. The first-order chi connectivity index (χ1) is 6.36. The van der Waals surface area contributed by atoms with E-state index >= 15 is 0 Å². The Labute approximate surface area is 79.4 Å². The number of hydrogen-bond acceptors (Lipinski definition) is 3. The van der Waals surface area contributed by atoms with Gasteiger partial charge in [-0.15, -0.1) is 0 Å². The van der Waals surface area contributed by atoms with Crippen LogP contribution in [0, 0.1) is 0 Å². The number of nitrogens with two attached hydrogens (primary N) is 1. The minimum Gasteiger partial charge on any atom is -0.324 e. The fourth-order valence-corrected chi connectivity index (χ4v) is 1.23. The zero-order valence-electron chi connectivity index (χ0n) is 8.16. The van der Waals surface area contributed by atoms with E-state index in [0.717, 1.165) is 17.9 Å². The number of aromatic nitrogens is 2. The highest BCUT2D eigenvalue weighted by molar-refractivity contribution is 5.02. The molecule has 0 aliphatic rings. The van der Waals surface area contributed by atoms with Gasteiger partial charge >= 0.3 is 0 Å². The Kier molecular flexibility index (Phi) is 4.40. The molecule has 0 fully saturated rings. The van der Waals surface area contributed by atoms with Crippen molar-refractivity contribution in [3.63, 3.8) is 0 Å². The van der Waals surface area contributed by atoms with Gasteiger partial charge in [0.05, 0.1) is 6.54 Å². The molecule has 72 valence electrons. The maximum atomic E-state index is 5.45. The maximum absolute atomic E-state index is 5.45. The van der Waals surface area contributed by atoms with Gasteiger partial charge in [0, 0.05) is 11.9 Å². The number of aryl methyl sites for hydroxylation is 1. The summed E-state index contributed by atoms with van der Waals surface area (Å²) in [7, 11) is 0. The average Bonchev–Trinajstić information content (AvgIpc) is 2.19. The Morgan fingerprint density at radius 2 is 2.23 bits per heavy atom. The van der Waals surface area contributed by atoms with Crippen LogP contribution >= 0.6 is 0 Å². The Hall–Kier alpha value is -0.960. The van der Waals surface area contributed by atoms with E-state index < -0.39 is 0 Å². The Morgan fingerprint density at radius 3 is 2.92 bits per heavy atom. The first-order valence-corrected chi connectivity index (χ1v) is 4.87. The van der Waals surface area contributed by atoms with Gasteiger partial charge in [0.2, 0.25) is 0 Å². The van der Waals surface area contributed by atoms with E-state index in [1.54, 1.807) is 6.20 Å². The summed E-state index contributed by atoms with van der Waals surface area (Å²) in [5.41, 5.74) is 6.56. The lowest BCUT2D eigenvalue weighted by Gasteiger charge is -2.00. The molecule has 3 nitrogen and oxygen atoms in total. The van der Waals surface area contributed by atoms with E-state index in [4.69, 9.17) is 5.73 Å². The molecule has 0 aliphatic heterocycles. The summed E-state index contributed by atoms with van der Waals surface area (Å²) in [6.07, 6.45) is 6.55. The molecular formula is C10H17N3. The summed E-state index contributed by atoms with van der Waals surface area (Å²) in [5.74, 6) is 0.744. The Bertz CT molecular complexity index is 248. The molecule has 1 heterocycles. The van der Waals surface area contributed by atoms with E-state index in [1.807, 2.05) is 6.07 Å². The normalized spacial score (nSPS) is 10.3. The van der Waals surface area contributed by atoms with Crippen LogP contribution in [0.4, 0.5) is 0 Å². The molecule has 0 unspecified atom stereocenters. The Balaban J connectivity index is 2.46. The average molecular weight is 179 g/mol. The van der Waals surface area contributed by atoms with Crippen LogP contribution < -0.4 is 5.73 Å². The number of unbranched alkanes of at least 4 members (excludes halogenated alkanes) is 2. The molecule has 0 spiro atoms. The summed E-state index contributed by atoms with van der Waals surface area (Å²) >= 11 is 0. The van der Waals surface area contributed by atoms with E-state index in [1.165, 1.54) is 19.3 Å². The van der Waals surface area contributed by atoms with Crippen molar-refractivity contribution in [3.05, 3.63) is 23.8 Å². The van der Waals surface area contributed by atoms with Crippen molar-refractivity contribution >= 4 is 0 Å². The lowest BCUT2D eigenvalue weighted by molar-refractivity contribution is 0.700. The minimum atomic E-state index is 0.432. The highest BCUT2D eigenvalue weighted by Gasteiger charge is 1.96. The molecule has 1 aromatic rings. The van der Waals surface area contributed by atoms with E-state index in [9.17, 15) is 0 Å². The van der Waals surface area contributed by atoms with Crippen LogP contribution in [0.25, 0.3) is 0 Å². The molecule has 0 radical (unpaired) electrons. The molecule has 1 aromatic heterocycles. The van der Waals surface area contributed by atoms with Gasteiger partial charge in [-0.25, -0.2) is 9.97 Å². The van der Waals surface area contributed by atoms with Crippen LogP contribution in [0.1, 0.15) is 37.7 Å². The van der Waals surface area contributed by atoms with Crippen molar-refractivity contribution in [1.29, 1.82) is 0 Å². The molecule has 0 bridgehead atoms. The fraction of sp³-hybridized carbons (Fsp3) is 0.600. The van der Waals surface area contributed by atoms with Crippen molar-refractivity contribution in [2.75, 3.05) is 0 Å². The van der Waals surface area contributed by atoms with Crippen LogP contribution in [0.2, 0.25) is 0 Å². The van der Waals surface area contributed by atoms with Gasteiger partial charge < -0.3 is 5.73 Å². The monoisotopic (exact) mass is 179 g/mol. The molecule has 2 N–H and O–H groups in total. The van der Waals surface area contributed by atoms with Gasteiger partial charge in [-0.2, -0.15) is 0 Å². The summed E-state index contributed by atoms with van der Waals surface area (Å²) in [6.45, 7) is 2.63. The molecule has 0 aliphatic carbocycles. The second-order valence-corrected chi connectivity index (χ2v) is 3.13. The molecule has 3 heteroatoms. The molecule has 0 saturated carbocycles. The first-order valence-electron chi connectivity index (χ1n) is 4.87.